The van der Waals surface area contributed by atoms with Crippen LogP contribution in [0.3, 0.4) is 0 Å². The topological polar surface area (TPSA) is 43.8 Å². The third-order valence-corrected chi connectivity index (χ3v) is 3.09. The molecule has 2 N–H and O–H groups in total. The lowest BCUT2D eigenvalue weighted by Crippen LogP contribution is -2.05. The molecule has 4 heteroatoms. The highest BCUT2D eigenvalue weighted by Gasteiger charge is 2.06. The second kappa shape index (κ2) is 4.39. The molecule has 0 spiro atoms. The van der Waals surface area contributed by atoms with Crippen molar-refractivity contribution in [3.05, 3.63) is 46.2 Å². The number of hydrogen-bond acceptors (Lipinski definition) is 2. The molecule has 0 aliphatic heterocycles. The lowest BCUT2D eigenvalue weighted by atomic mass is 10.1. The SMILES string of the molecule is Cc1cnn(-c2ccc([C@@H](C)N)cc2Br)c1. The third-order valence-electron chi connectivity index (χ3n) is 2.46. The molecule has 1 heterocycles. The first kappa shape index (κ1) is 11.4. The van der Waals surface area contributed by atoms with Crippen molar-refractivity contribution in [2.45, 2.75) is 19.9 Å². The summed E-state index contributed by atoms with van der Waals surface area (Å²) in [5, 5.41) is 4.28. The van der Waals surface area contributed by atoms with Gasteiger partial charge >= 0.3 is 0 Å². The van der Waals surface area contributed by atoms with Crippen molar-refractivity contribution >= 4 is 15.9 Å². The van der Waals surface area contributed by atoms with E-state index in [1.807, 2.05) is 49.1 Å². The van der Waals surface area contributed by atoms with Gasteiger partial charge < -0.3 is 5.73 Å². The van der Waals surface area contributed by atoms with Gasteiger partial charge in [0.15, 0.2) is 0 Å². The molecule has 16 heavy (non-hydrogen) atoms. The highest BCUT2D eigenvalue weighted by Crippen LogP contribution is 2.24. The van der Waals surface area contributed by atoms with E-state index in [0.29, 0.717) is 0 Å². The maximum Gasteiger partial charge on any atom is 0.0787 e. The van der Waals surface area contributed by atoms with Crippen molar-refractivity contribution < 1.29 is 0 Å². The average molecular weight is 280 g/mol. The molecule has 0 radical (unpaired) electrons. The smallest absolute Gasteiger partial charge is 0.0787 e. The van der Waals surface area contributed by atoms with Crippen LogP contribution < -0.4 is 5.73 Å². The Morgan fingerprint density at radius 2 is 2.19 bits per heavy atom. The number of nitrogens with two attached hydrogens (primary N) is 1. The highest BCUT2D eigenvalue weighted by molar-refractivity contribution is 9.10. The molecule has 1 atom stereocenters. The molecule has 1 aromatic carbocycles. The molecule has 0 saturated heterocycles. The zero-order valence-electron chi connectivity index (χ0n) is 9.31. The molecule has 0 aliphatic rings. The molecule has 0 unspecified atom stereocenters. The standard InChI is InChI=1S/C12H14BrN3/c1-8-6-15-16(7-8)12-4-3-10(9(2)14)5-11(12)13/h3-7,9H,14H2,1-2H3/t9-/m1/s1. The van der Waals surface area contributed by atoms with Gasteiger partial charge in [-0.3, -0.25) is 0 Å². The maximum atomic E-state index is 5.83. The zero-order valence-corrected chi connectivity index (χ0v) is 10.9. The second-order valence-corrected chi connectivity index (χ2v) is 4.82. The summed E-state index contributed by atoms with van der Waals surface area (Å²) in [7, 11) is 0. The number of rotatable bonds is 2. The largest absolute Gasteiger partial charge is 0.324 e. The molecule has 3 nitrogen and oxygen atoms in total. The first-order valence-electron chi connectivity index (χ1n) is 5.14. The van der Waals surface area contributed by atoms with Crippen LogP contribution >= 0.6 is 15.9 Å². The van der Waals surface area contributed by atoms with Crippen molar-refractivity contribution in [2.75, 3.05) is 0 Å². The average Bonchev–Trinajstić information content (AvgIpc) is 2.64. The highest BCUT2D eigenvalue weighted by atomic mass is 79.9. The summed E-state index contributed by atoms with van der Waals surface area (Å²) in [6.07, 6.45) is 3.83. The van der Waals surface area contributed by atoms with E-state index in [1.165, 1.54) is 0 Å². The van der Waals surface area contributed by atoms with Crippen LogP contribution in [0.15, 0.2) is 35.1 Å². The Hall–Kier alpha value is -1.13. The fourth-order valence-corrected chi connectivity index (χ4v) is 2.11. The lowest BCUT2D eigenvalue weighted by molar-refractivity contribution is 0.812. The summed E-state index contributed by atoms with van der Waals surface area (Å²) in [4.78, 5) is 0. The quantitative estimate of drug-likeness (QED) is 0.919. The fourth-order valence-electron chi connectivity index (χ4n) is 1.54. The van der Waals surface area contributed by atoms with E-state index in [-0.39, 0.29) is 6.04 Å². The minimum absolute atomic E-state index is 0.0460. The van der Waals surface area contributed by atoms with E-state index in [0.717, 1.165) is 21.3 Å². The number of aryl methyl sites for hydroxylation is 1. The van der Waals surface area contributed by atoms with Crippen LogP contribution in [-0.2, 0) is 0 Å². The van der Waals surface area contributed by atoms with Gasteiger partial charge in [0.25, 0.3) is 0 Å². The van der Waals surface area contributed by atoms with Crippen LogP contribution in [0.1, 0.15) is 24.1 Å². The van der Waals surface area contributed by atoms with Gasteiger partial charge in [0.2, 0.25) is 0 Å². The van der Waals surface area contributed by atoms with Gasteiger partial charge in [-0.05, 0) is 53.0 Å². The van der Waals surface area contributed by atoms with Gasteiger partial charge in [0, 0.05) is 16.7 Å². The van der Waals surface area contributed by atoms with Crippen LogP contribution in [0, 0.1) is 6.92 Å². The Kier molecular flexibility index (Phi) is 3.12. The molecule has 84 valence electrons. The van der Waals surface area contributed by atoms with Gasteiger partial charge in [0.1, 0.15) is 0 Å². The molecule has 0 amide bonds. The van der Waals surface area contributed by atoms with Crippen LogP contribution in [0.2, 0.25) is 0 Å². The summed E-state index contributed by atoms with van der Waals surface area (Å²) in [5.74, 6) is 0. The van der Waals surface area contributed by atoms with E-state index >= 15 is 0 Å². The Bertz CT molecular complexity index is 503. The second-order valence-electron chi connectivity index (χ2n) is 3.96. The van der Waals surface area contributed by atoms with Gasteiger partial charge in [-0.1, -0.05) is 6.07 Å². The Balaban J connectivity index is 2.44. The van der Waals surface area contributed by atoms with Crippen molar-refractivity contribution in [3.8, 4) is 5.69 Å². The van der Waals surface area contributed by atoms with E-state index in [2.05, 4.69) is 21.0 Å². The summed E-state index contributed by atoms with van der Waals surface area (Å²) in [6.45, 7) is 3.99. The number of aromatic nitrogens is 2. The molecule has 0 bridgehead atoms. The van der Waals surface area contributed by atoms with Crippen LogP contribution in [-0.4, -0.2) is 9.78 Å². The Labute approximate surface area is 103 Å². The van der Waals surface area contributed by atoms with E-state index < -0.39 is 0 Å². The predicted molar refractivity (Wildman–Crippen MR) is 68.6 cm³/mol. The van der Waals surface area contributed by atoms with E-state index in [4.69, 9.17) is 5.73 Å². The third kappa shape index (κ3) is 2.18. The maximum absolute atomic E-state index is 5.83. The monoisotopic (exact) mass is 279 g/mol. The van der Waals surface area contributed by atoms with Gasteiger partial charge in [-0.2, -0.15) is 5.10 Å². The molecule has 1 aromatic heterocycles. The zero-order chi connectivity index (χ0) is 11.7. The molecule has 0 fully saturated rings. The molecule has 2 aromatic rings. The van der Waals surface area contributed by atoms with Crippen molar-refractivity contribution in [1.82, 2.24) is 9.78 Å². The van der Waals surface area contributed by atoms with Crippen molar-refractivity contribution in [2.24, 2.45) is 5.73 Å². The van der Waals surface area contributed by atoms with Crippen LogP contribution in [0.4, 0.5) is 0 Å². The van der Waals surface area contributed by atoms with Gasteiger partial charge in [-0.15, -0.1) is 0 Å². The molecule has 2 rings (SSSR count). The van der Waals surface area contributed by atoms with Crippen LogP contribution in [0.25, 0.3) is 5.69 Å². The van der Waals surface area contributed by atoms with E-state index in [1.54, 1.807) is 0 Å². The Morgan fingerprint density at radius 1 is 1.44 bits per heavy atom. The minimum Gasteiger partial charge on any atom is -0.324 e. The first-order chi connectivity index (χ1) is 7.58. The summed E-state index contributed by atoms with van der Waals surface area (Å²) < 4.78 is 2.86. The van der Waals surface area contributed by atoms with Crippen LogP contribution in [0.5, 0.6) is 0 Å². The molecule has 0 saturated carbocycles. The number of hydrogen-bond donors (Lipinski definition) is 1. The fraction of sp³-hybridized carbons (Fsp3) is 0.250. The van der Waals surface area contributed by atoms with Gasteiger partial charge in [0.05, 0.1) is 11.9 Å². The molecular formula is C12H14BrN3. The van der Waals surface area contributed by atoms with Crippen molar-refractivity contribution in [1.29, 1.82) is 0 Å². The number of benzene rings is 1. The van der Waals surface area contributed by atoms with E-state index in [9.17, 15) is 0 Å². The molecule has 0 aliphatic carbocycles. The summed E-state index contributed by atoms with van der Waals surface area (Å²) in [5.41, 5.74) is 9.11. The van der Waals surface area contributed by atoms with Gasteiger partial charge in [-0.25, -0.2) is 4.68 Å². The lowest BCUT2D eigenvalue weighted by Gasteiger charge is -2.09. The predicted octanol–water partition coefficient (Wildman–Crippen LogP) is 2.96. The number of nitrogens with zero attached hydrogens (tertiary/aromatic N) is 2. The first-order valence-corrected chi connectivity index (χ1v) is 5.94. The van der Waals surface area contributed by atoms with Crippen molar-refractivity contribution in [3.63, 3.8) is 0 Å². The number of halogens is 1. The summed E-state index contributed by atoms with van der Waals surface area (Å²) >= 11 is 3.55. The minimum atomic E-state index is 0.0460. The summed E-state index contributed by atoms with van der Waals surface area (Å²) in [6, 6.07) is 6.14. The normalized spacial score (nSPS) is 12.8. The Morgan fingerprint density at radius 3 is 2.69 bits per heavy atom. The molecular weight excluding hydrogens is 266 g/mol.